The smallest absolute Gasteiger partial charge is 0.251 e. The molecule has 2 saturated carbocycles. The van der Waals surface area contributed by atoms with E-state index in [1.165, 1.54) is 19.3 Å². The summed E-state index contributed by atoms with van der Waals surface area (Å²) in [5, 5.41) is 3.19. The minimum Gasteiger partial charge on any atom is -0.349 e. The van der Waals surface area contributed by atoms with Gasteiger partial charge in [-0.3, -0.25) is 4.79 Å². The maximum absolute atomic E-state index is 12.2. The number of fused-ring (bicyclic) bond motifs is 2. The van der Waals surface area contributed by atoms with Crippen molar-refractivity contribution in [1.82, 2.24) is 5.32 Å². The Morgan fingerprint density at radius 1 is 1.25 bits per heavy atom. The van der Waals surface area contributed by atoms with Crippen molar-refractivity contribution < 1.29 is 4.79 Å². The summed E-state index contributed by atoms with van der Waals surface area (Å²) in [7, 11) is 0. The first-order chi connectivity index (χ1) is 9.76. The lowest BCUT2D eigenvalue weighted by molar-refractivity contribution is 0.0923. The van der Waals surface area contributed by atoms with Gasteiger partial charge in [0.15, 0.2) is 0 Å². The second kappa shape index (κ2) is 5.68. The fourth-order valence-electron chi connectivity index (χ4n) is 3.53. The van der Waals surface area contributed by atoms with Crippen LogP contribution in [0.2, 0.25) is 0 Å². The normalized spacial score (nSPS) is 26.9. The fraction of sp³-hybridized carbons (Fsp3) is 0.471. The predicted octanol–water partition coefficient (Wildman–Crippen LogP) is 1.92. The van der Waals surface area contributed by atoms with Crippen molar-refractivity contribution in [3.8, 4) is 11.8 Å². The lowest BCUT2D eigenvalue weighted by Gasteiger charge is -2.22. The Morgan fingerprint density at radius 3 is 2.65 bits per heavy atom. The van der Waals surface area contributed by atoms with Crippen LogP contribution in [-0.4, -0.2) is 18.5 Å². The van der Waals surface area contributed by atoms with Crippen molar-refractivity contribution in [2.75, 3.05) is 6.54 Å². The first-order valence-corrected chi connectivity index (χ1v) is 7.36. The number of amides is 1. The zero-order valence-electron chi connectivity index (χ0n) is 11.6. The first kappa shape index (κ1) is 13.2. The van der Waals surface area contributed by atoms with E-state index in [4.69, 9.17) is 5.73 Å². The molecule has 2 fully saturated rings. The van der Waals surface area contributed by atoms with E-state index in [-0.39, 0.29) is 5.91 Å². The van der Waals surface area contributed by atoms with Crippen LogP contribution in [-0.2, 0) is 0 Å². The first-order valence-electron chi connectivity index (χ1n) is 7.36. The highest BCUT2D eigenvalue weighted by Crippen LogP contribution is 2.44. The van der Waals surface area contributed by atoms with Gasteiger partial charge in [-0.1, -0.05) is 18.3 Å². The van der Waals surface area contributed by atoms with E-state index in [9.17, 15) is 4.79 Å². The third-order valence-corrected chi connectivity index (χ3v) is 4.54. The van der Waals surface area contributed by atoms with Crippen LogP contribution in [0.25, 0.3) is 0 Å². The predicted molar refractivity (Wildman–Crippen MR) is 79.1 cm³/mol. The van der Waals surface area contributed by atoms with Gasteiger partial charge >= 0.3 is 0 Å². The van der Waals surface area contributed by atoms with Gasteiger partial charge in [0.1, 0.15) is 0 Å². The van der Waals surface area contributed by atoms with E-state index in [1.54, 1.807) is 0 Å². The van der Waals surface area contributed by atoms with Crippen LogP contribution in [0.5, 0.6) is 0 Å². The monoisotopic (exact) mass is 268 g/mol. The molecular weight excluding hydrogens is 248 g/mol. The Bertz CT molecular complexity index is 553. The minimum absolute atomic E-state index is 0.0425. The minimum atomic E-state index is 0.0425. The number of nitrogens with two attached hydrogens (primary N) is 1. The van der Waals surface area contributed by atoms with Crippen molar-refractivity contribution >= 4 is 5.91 Å². The Labute approximate surface area is 119 Å². The molecule has 2 aliphatic carbocycles. The zero-order valence-corrected chi connectivity index (χ0v) is 11.6. The summed E-state index contributed by atoms with van der Waals surface area (Å²) in [6.45, 7) is 0.354. The average molecular weight is 268 g/mol. The molecule has 3 atom stereocenters. The Hall–Kier alpha value is -1.79. The largest absolute Gasteiger partial charge is 0.349 e. The number of carbonyl (C=O) groups is 1. The molecule has 0 spiro atoms. The molecule has 104 valence electrons. The molecule has 0 heterocycles. The van der Waals surface area contributed by atoms with Gasteiger partial charge in [0.2, 0.25) is 0 Å². The Kier molecular flexibility index (Phi) is 3.75. The van der Waals surface area contributed by atoms with E-state index < -0.39 is 0 Å². The molecular formula is C17H20N2O. The van der Waals surface area contributed by atoms with E-state index in [0.29, 0.717) is 24.1 Å². The van der Waals surface area contributed by atoms with Gasteiger partial charge in [-0.25, -0.2) is 0 Å². The molecule has 3 unspecified atom stereocenters. The van der Waals surface area contributed by atoms with Crippen molar-refractivity contribution in [3.05, 3.63) is 35.4 Å². The third-order valence-electron chi connectivity index (χ3n) is 4.54. The van der Waals surface area contributed by atoms with Gasteiger partial charge in [0, 0.05) is 17.2 Å². The van der Waals surface area contributed by atoms with Crippen molar-refractivity contribution in [1.29, 1.82) is 0 Å². The standard InChI is InChI=1S/C17H20N2O/c18-9-1-2-12-3-6-14(7-4-12)17(20)19-16-11-13-5-8-15(16)10-13/h3-4,6-7,13,15-16H,5,8-11,18H2,(H,19,20). The van der Waals surface area contributed by atoms with Crippen LogP contribution in [0.1, 0.15) is 41.6 Å². The van der Waals surface area contributed by atoms with E-state index in [0.717, 1.165) is 17.9 Å². The highest BCUT2D eigenvalue weighted by Gasteiger charge is 2.40. The van der Waals surface area contributed by atoms with Gasteiger partial charge in [-0.15, -0.1) is 0 Å². The van der Waals surface area contributed by atoms with Gasteiger partial charge in [0.25, 0.3) is 5.91 Å². The molecule has 0 saturated heterocycles. The van der Waals surface area contributed by atoms with Gasteiger partial charge in [-0.05, 0) is 55.4 Å². The van der Waals surface area contributed by atoms with E-state index in [1.807, 2.05) is 24.3 Å². The number of hydrogen-bond donors (Lipinski definition) is 2. The average Bonchev–Trinajstić information content (AvgIpc) is 3.08. The number of carbonyl (C=O) groups excluding carboxylic acids is 1. The molecule has 0 aliphatic heterocycles. The number of rotatable bonds is 2. The fourth-order valence-corrected chi connectivity index (χ4v) is 3.53. The molecule has 2 bridgehead atoms. The molecule has 3 N–H and O–H groups in total. The van der Waals surface area contributed by atoms with Gasteiger partial charge < -0.3 is 11.1 Å². The van der Waals surface area contributed by atoms with E-state index in [2.05, 4.69) is 17.2 Å². The summed E-state index contributed by atoms with van der Waals surface area (Å²) >= 11 is 0. The number of hydrogen-bond acceptors (Lipinski definition) is 2. The molecule has 1 aromatic rings. The lowest BCUT2D eigenvalue weighted by Crippen LogP contribution is -2.38. The molecule has 3 heteroatoms. The maximum atomic E-state index is 12.2. The molecule has 0 aromatic heterocycles. The second-order valence-corrected chi connectivity index (χ2v) is 5.84. The lowest BCUT2D eigenvalue weighted by atomic mass is 9.95. The molecule has 20 heavy (non-hydrogen) atoms. The SMILES string of the molecule is NCC#Cc1ccc(C(=O)NC2CC3CCC2C3)cc1. The third kappa shape index (κ3) is 2.71. The summed E-state index contributed by atoms with van der Waals surface area (Å²) in [5.41, 5.74) is 6.95. The summed E-state index contributed by atoms with van der Waals surface area (Å²) in [5.74, 6) is 7.36. The van der Waals surface area contributed by atoms with Crippen molar-refractivity contribution in [3.63, 3.8) is 0 Å². The maximum Gasteiger partial charge on any atom is 0.251 e. The quantitative estimate of drug-likeness (QED) is 0.805. The molecule has 3 rings (SSSR count). The van der Waals surface area contributed by atoms with Crippen molar-refractivity contribution in [2.45, 2.75) is 31.7 Å². The zero-order chi connectivity index (χ0) is 13.9. The van der Waals surface area contributed by atoms with Crippen LogP contribution in [0.15, 0.2) is 24.3 Å². The number of nitrogens with one attached hydrogen (secondary N) is 1. The van der Waals surface area contributed by atoms with Gasteiger partial charge in [-0.2, -0.15) is 0 Å². The summed E-state index contributed by atoms with van der Waals surface area (Å²) < 4.78 is 0. The van der Waals surface area contributed by atoms with Crippen LogP contribution >= 0.6 is 0 Å². The molecule has 1 aromatic carbocycles. The topological polar surface area (TPSA) is 55.1 Å². The highest BCUT2D eigenvalue weighted by molar-refractivity contribution is 5.94. The molecule has 1 amide bonds. The van der Waals surface area contributed by atoms with E-state index >= 15 is 0 Å². The van der Waals surface area contributed by atoms with Gasteiger partial charge in [0.05, 0.1) is 6.54 Å². The second-order valence-electron chi connectivity index (χ2n) is 5.84. The molecule has 2 aliphatic rings. The van der Waals surface area contributed by atoms with Crippen LogP contribution in [0.3, 0.4) is 0 Å². The highest BCUT2D eigenvalue weighted by atomic mass is 16.1. The molecule has 3 nitrogen and oxygen atoms in total. The summed E-state index contributed by atoms with van der Waals surface area (Å²) in [4.78, 5) is 12.2. The Balaban J connectivity index is 1.62. The molecule has 0 radical (unpaired) electrons. The Morgan fingerprint density at radius 2 is 2.05 bits per heavy atom. The summed E-state index contributed by atoms with van der Waals surface area (Å²) in [6.07, 6.45) is 5.10. The van der Waals surface area contributed by atoms with Crippen LogP contribution in [0, 0.1) is 23.7 Å². The van der Waals surface area contributed by atoms with Crippen molar-refractivity contribution in [2.24, 2.45) is 17.6 Å². The van der Waals surface area contributed by atoms with Crippen LogP contribution in [0.4, 0.5) is 0 Å². The van der Waals surface area contributed by atoms with Crippen LogP contribution < -0.4 is 11.1 Å². The number of benzene rings is 1. The summed E-state index contributed by atoms with van der Waals surface area (Å²) in [6, 6.07) is 7.81.